The minimum absolute atomic E-state index is 0.0131. The van der Waals surface area contributed by atoms with Crippen molar-refractivity contribution in [1.82, 2.24) is 19.9 Å². The first kappa shape index (κ1) is 16.1. The number of aromatic nitrogens is 3. The summed E-state index contributed by atoms with van der Waals surface area (Å²) < 4.78 is 12.8. The van der Waals surface area contributed by atoms with Crippen LogP contribution in [0.5, 0.6) is 11.5 Å². The number of nitrogens with one attached hydrogen (secondary N) is 2. The van der Waals surface area contributed by atoms with Crippen molar-refractivity contribution in [3.8, 4) is 11.5 Å². The van der Waals surface area contributed by atoms with Crippen LogP contribution in [-0.2, 0) is 0 Å². The van der Waals surface area contributed by atoms with E-state index in [9.17, 15) is 4.79 Å². The van der Waals surface area contributed by atoms with Gasteiger partial charge in [0.1, 0.15) is 5.65 Å². The van der Waals surface area contributed by atoms with Crippen molar-refractivity contribution < 1.29 is 9.47 Å². The fraction of sp³-hybridized carbons (Fsp3) is 0.300. The van der Waals surface area contributed by atoms with Crippen LogP contribution in [0.3, 0.4) is 0 Å². The van der Waals surface area contributed by atoms with Crippen LogP contribution < -0.4 is 20.3 Å². The average Bonchev–Trinajstić information content (AvgIpc) is 3.38. The Balaban J connectivity index is 2.01. The van der Waals surface area contributed by atoms with Gasteiger partial charge in [0.2, 0.25) is 0 Å². The molecule has 7 nitrogen and oxygen atoms in total. The second-order valence-electron chi connectivity index (χ2n) is 6.83. The number of pyridine rings is 2. The summed E-state index contributed by atoms with van der Waals surface area (Å²) in [6, 6.07) is 5.74. The average molecular weight is 364 g/mol. The number of aromatic amines is 1. The van der Waals surface area contributed by atoms with Crippen LogP contribution in [0, 0.1) is 0 Å². The lowest BCUT2D eigenvalue weighted by atomic mass is 10.0. The molecule has 1 aliphatic rings. The van der Waals surface area contributed by atoms with Crippen LogP contribution in [0.2, 0.25) is 0 Å². The lowest BCUT2D eigenvalue weighted by molar-refractivity contribution is 0.356. The highest BCUT2D eigenvalue weighted by atomic mass is 16.5. The first-order valence-electron chi connectivity index (χ1n) is 8.99. The summed E-state index contributed by atoms with van der Waals surface area (Å²) in [5.41, 5.74) is 1.68. The Morgan fingerprint density at radius 3 is 2.59 bits per heavy atom. The van der Waals surface area contributed by atoms with E-state index < -0.39 is 0 Å². The van der Waals surface area contributed by atoms with E-state index in [2.05, 4.69) is 15.3 Å². The molecule has 1 fully saturated rings. The van der Waals surface area contributed by atoms with E-state index in [-0.39, 0.29) is 11.6 Å². The van der Waals surface area contributed by atoms with Gasteiger partial charge in [-0.05, 0) is 31.2 Å². The molecule has 1 aromatic carbocycles. The molecule has 7 heteroatoms. The number of benzene rings is 1. The molecule has 0 spiro atoms. The van der Waals surface area contributed by atoms with Gasteiger partial charge >= 0.3 is 0 Å². The zero-order chi connectivity index (χ0) is 18.5. The van der Waals surface area contributed by atoms with Gasteiger partial charge in [0.25, 0.3) is 5.56 Å². The van der Waals surface area contributed by atoms with Gasteiger partial charge in [-0.15, -0.1) is 0 Å². The van der Waals surface area contributed by atoms with Crippen LogP contribution >= 0.6 is 0 Å². The number of nitrogens with zero attached hydrogens (tertiary/aromatic N) is 2. The maximum atomic E-state index is 13.6. The maximum Gasteiger partial charge on any atom is 0.259 e. The zero-order valence-electron chi connectivity index (χ0n) is 15.2. The van der Waals surface area contributed by atoms with Gasteiger partial charge in [-0.1, -0.05) is 0 Å². The number of rotatable bonds is 3. The highest BCUT2D eigenvalue weighted by Gasteiger charge is 2.24. The van der Waals surface area contributed by atoms with Crippen molar-refractivity contribution in [3.05, 3.63) is 40.9 Å². The van der Waals surface area contributed by atoms with Crippen LogP contribution in [0.4, 0.5) is 0 Å². The van der Waals surface area contributed by atoms with Crippen LogP contribution in [0.1, 0.15) is 12.5 Å². The summed E-state index contributed by atoms with van der Waals surface area (Å²) in [5.74, 6) is 1.15. The van der Waals surface area contributed by atoms with Crippen LogP contribution in [0.25, 0.3) is 32.7 Å². The summed E-state index contributed by atoms with van der Waals surface area (Å²) in [6.07, 6.45) is 4.61. The van der Waals surface area contributed by atoms with E-state index in [1.54, 1.807) is 20.3 Å². The van der Waals surface area contributed by atoms with E-state index in [0.717, 1.165) is 46.8 Å². The molecule has 1 atom stereocenters. The molecule has 1 saturated heterocycles. The molecule has 27 heavy (non-hydrogen) atoms. The molecule has 4 aromatic rings. The number of hydrogen-bond acceptors (Lipinski definition) is 5. The van der Waals surface area contributed by atoms with Gasteiger partial charge in [0, 0.05) is 35.1 Å². The first-order chi connectivity index (χ1) is 13.2. The topological polar surface area (TPSA) is 81.2 Å². The number of methoxy groups -OCH3 is 2. The predicted molar refractivity (Wildman–Crippen MR) is 105 cm³/mol. The molecule has 0 radical (unpaired) electrons. The van der Waals surface area contributed by atoms with Crippen molar-refractivity contribution in [2.45, 2.75) is 12.5 Å². The molecule has 0 saturated carbocycles. The summed E-state index contributed by atoms with van der Waals surface area (Å²) >= 11 is 0. The molecule has 0 amide bonds. The smallest absolute Gasteiger partial charge is 0.259 e. The van der Waals surface area contributed by atoms with Gasteiger partial charge < -0.3 is 24.3 Å². The molecular formula is C20H20N4O3. The Morgan fingerprint density at radius 1 is 1.11 bits per heavy atom. The monoisotopic (exact) mass is 364 g/mol. The van der Waals surface area contributed by atoms with Gasteiger partial charge in [0.15, 0.2) is 11.5 Å². The molecule has 5 rings (SSSR count). The SMILES string of the molecule is COc1cc2c(=O)n([C@@H]3CCNC3)c3c4cc[nH]c4ncc3c2cc1OC. The van der Waals surface area contributed by atoms with Crippen molar-refractivity contribution in [2.75, 3.05) is 27.3 Å². The van der Waals surface area contributed by atoms with Gasteiger partial charge in [-0.2, -0.15) is 0 Å². The molecular weight excluding hydrogens is 344 g/mol. The van der Waals surface area contributed by atoms with Gasteiger partial charge in [0.05, 0.1) is 31.2 Å². The van der Waals surface area contributed by atoms with Gasteiger partial charge in [-0.3, -0.25) is 4.79 Å². The highest BCUT2D eigenvalue weighted by Crippen LogP contribution is 2.36. The van der Waals surface area contributed by atoms with E-state index in [4.69, 9.17) is 9.47 Å². The molecule has 3 aromatic heterocycles. The fourth-order valence-electron chi connectivity index (χ4n) is 4.17. The zero-order valence-corrected chi connectivity index (χ0v) is 15.2. The molecule has 4 heterocycles. The van der Waals surface area contributed by atoms with Crippen molar-refractivity contribution in [1.29, 1.82) is 0 Å². The van der Waals surface area contributed by atoms with Crippen molar-refractivity contribution >= 4 is 32.7 Å². The normalized spacial score (nSPS) is 17.2. The summed E-state index contributed by atoms with van der Waals surface area (Å²) in [5, 5.41) is 6.69. The number of hydrogen-bond donors (Lipinski definition) is 2. The lowest BCUT2D eigenvalue weighted by Gasteiger charge is -2.19. The standard InChI is InChI=1S/C20H20N4O3/c1-26-16-7-13-14(8-17(16)27-2)20(25)24(11-3-5-21-9-11)18-12-4-6-22-19(12)23-10-15(13)18/h4,6-8,10-11,21H,3,5,9H2,1-2H3,(H,22,23)/t11-/m1/s1. The largest absolute Gasteiger partial charge is 0.493 e. The third-order valence-corrected chi connectivity index (χ3v) is 5.46. The molecule has 2 N–H and O–H groups in total. The van der Waals surface area contributed by atoms with Crippen LogP contribution in [-0.4, -0.2) is 41.8 Å². The molecule has 0 unspecified atom stereocenters. The predicted octanol–water partition coefficient (Wildman–Crippen LogP) is 2.58. The Bertz CT molecular complexity index is 1240. The molecule has 1 aliphatic heterocycles. The quantitative estimate of drug-likeness (QED) is 0.546. The number of H-pyrrole nitrogens is 1. The molecule has 138 valence electrons. The second kappa shape index (κ2) is 5.99. The van der Waals surface area contributed by atoms with Crippen molar-refractivity contribution in [2.24, 2.45) is 0 Å². The highest BCUT2D eigenvalue weighted by molar-refractivity contribution is 6.14. The Morgan fingerprint density at radius 2 is 1.89 bits per heavy atom. The van der Waals surface area contributed by atoms with Gasteiger partial charge in [-0.25, -0.2) is 4.98 Å². The third-order valence-electron chi connectivity index (χ3n) is 5.46. The second-order valence-corrected chi connectivity index (χ2v) is 6.83. The minimum atomic E-state index is -0.0131. The molecule has 0 bridgehead atoms. The Kier molecular flexibility index (Phi) is 3.58. The summed E-state index contributed by atoms with van der Waals surface area (Å²) in [4.78, 5) is 21.3. The van der Waals surface area contributed by atoms with E-state index in [0.29, 0.717) is 16.9 Å². The first-order valence-corrected chi connectivity index (χ1v) is 8.99. The Labute approximate surface area is 154 Å². The molecule has 0 aliphatic carbocycles. The minimum Gasteiger partial charge on any atom is -0.493 e. The van der Waals surface area contributed by atoms with Crippen molar-refractivity contribution in [3.63, 3.8) is 0 Å². The van der Waals surface area contributed by atoms with Crippen LogP contribution in [0.15, 0.2) is 35.4 Å². The van der Waals surface area contributed by atoms with E-state index in [1.165, 1.54) is 0 Å². The lowest BCUT2D eigenvalue weighted by Crippen LogP contribution is -2.27. The van der Waals surface area contributed by atoms with E-state index in [1.807, 2.05) is 29.1 Å². The maximum absolute atomic E-state index is 13.6. The third kappa shape index (κ3) is 2.24. The number of ether oxygens (including phenoxy) is 2. The summed E-state index contributed by atoms with van der Waals surface area (Å²) in [6.45, 7) is 1.69. The summed E-state index contributed by atoms with van der Waals surface area (Å²) in [7, 11) is 3.18. The Hall–Kier alpha value is -3.06. The number of fused-ring (bicyclic) bond motifs is 5. The fourth-order valence-corrected chi connectivity index (χ4v) is 4.17. The van der Waals surface area contributed by atoms with E-state index >= 15 is 0 Å².